The standard InChI is InChI=1S/C11H14ClFN2O2S/c1-3-18-6-7(2)14-10-4-8(12)9(13)5-11(10)15(16)17/h4-5,7,14H,3,6H2,1-2H3. The van der Waals surface area contributed by atoms with Gasteiger partial charge < -0.3 is 5.32 Å². The second-order valence-electron chi connectivity index (χ2n) is 3.75. The average Bonchev–Trinajstić information content (AvgIpc) is 2.30. The average molecular weight is 293 g/mol. The van der Waals surface area contributed by atoms with E-state index in [4.69, 9.17) is 11.6 Å². The van der Waals surface area contributed by atoms with Crippen LogP contribution in [0.15, 0.2) is 12.1 Å². The predicted octanol–water partition coefficient (Wildman–Crippen LogP) is 3.94. The maximum absolute atomic E-state index is 13.2. The highest BCUT2D eigenvalue weighted by Gasteiger charge is 2.19. The minimum absolute atomic E-state index is 0.0372. The van der Waals surface area contributed by atoms with Crippen LogP contribution in [-0.4, -0.2) is 22.5 Å². The Morgan fingerprint density at radius 3 is 2.83 bits per heavy atom. The van der Waals surface area contributed by atoms with Crippen molar-refractivity contribution in [1.82, 2.24) is 0 Å². The number of hydrogen-bond acceptors (Lipinski definition) is 4. The summed E-state index contributed by atoms with van der Waals surface area (Å²) in [5, 5.41) is 13.7. The van der Waals surface area contributed by atoms with Gasteiger partial charge in [-0.2, -0.15) is 11.8 Å². The van der Waals surface area contributed by atoms with Crippen LogP contribution in [-0.2, 0) is 0 Å². The zero-order chi connectivity index (χ0) is 13.7. The van der Waals surface area contributed by atoms with E-state index in [0.29, 0.717) is 0 Å². The molecular formula is C11H14ClFN2O2S. The molecule has 0 aliphatic rings. The molecule has 0 saturated carbocycles. The van der Waals surface area contributed by atoms with Crippen molar-refractivity contribution in [3.8, 4) is 0 Å². The molecule has 0 saturated heterocycles. The van der Waals surface area contributed by atoms with Crippen LogP contribution in [0.4, 0.5) is 15.8 Å². The van der Waals surface area contributed by atoms with E-state index in [1.165, 1.54) is 6.07 Å². The summed E-state index contributed by atoms with van der Waals surface area (Å²) in [6.07, 6.45) is 0. The number of nitro groups is 1. The molecular weight excluding hydrogens is 279 g/mol. The van der Waals surface area contributed by atoms with Crippen LogP contribution < -0.4 is 5.32 Å². The third kappa shape index (κ3) is 4.03. The van der Waals surface area contributed by atoms with E-state index in [9.17, 15) is 14.5 Å². The van der Waals surface area contributed by atoms with Crippen LogP contribution in [0, 0.1) is 15.9 Å². The van der Waals surface area contributed by atoms with E-state index in [1.54, 1.807) is 11.8 Å². The number of hydrogen-bond donors (Lipinski definition) is 1. The fourth-order valence-corrected chi connectivity index (χ4v) is 2.24. The smallest absolute Gasteiger partial charge is 0.295 e. The van der Waals surface area contributed by atoms with E-state index in [-0.39, 0.29) is 22.4 Å². The molecule has 100 valence electrons. The highest BCUT2D eigenvalue weighted by molar-refractivity contribution is 7.99. The molecule has 1 aromatic rings. The van der Waals surface area contributed by atoms with Crippen molar-refractivity contribution in [1.29, 1.82) is 0 Å². The van der Waals surface area contributed by atoms with E-state index >= 15 is 0 Å². The molecule has 7 heteroatoms. The van der Waals surface area contributed by atoms with Gasteiger partial charge in [0.25, 0.3) is 5.69 Å². The van der Waals surface area contributed by atoms with Gasteiger partial charge in [0.1, 0.15) is 11.5 Å². The summed E-state index contributed by atoms with van der Waals surface area (Å²) in [6, 6.07) is 2.13. The van der Waals surface area contributed by atoms with Crippen LogP contribution in [0.2, 0.25) is 5.02 Å². The van der Waals surface area contributed by atoms with E-state index < -0.39 is 10.7 Å². The first-order chi connectivity index (χ1) is 8.45. The van der Waals surface area contributed by atoms with Gasteiger partial charge in [-0.25, -0.2) is 4.39 Å². The Morgan fingerprint density at radius 1 is 1.61 bits per heavy atom. The monoisotopic (exact) mass is 292 g/mol. The van der Waals surface area contributed by atoms with Crippen molar-refractivity contribution >= 4 is 34.7 Å². The molecule has 0 amide bonds. The molecule has 0 spiro atoms. The van der Waals surface area contributed by atoms with Crippen molar-refractivity contribution < 1.29 is 9.31 Å². The van der Waals surface area contributed by atoms with Gasteiger partial charge in [-0.15, -0.1) is 0 Å². The SMILES string of the molecule is CCSCC(C)Nc1cc(Cl)c(F)cc1[N+](=O)[O-]. The Balaban J connectivity index is 2.93. The molecule has 0 aliphatic heterocycles. The van der Waals surface area contributed by atoms with Gasteiger partial charge in [0, 0.05) is 11.8 Å². The topological polar surface area (TPSA) is 55.2 Å². The number of nitro benzene ring substituents is 1. The summed E-state index contributed by atoms with van der Waals surface area (Å²) in [5.41, 5.74) is -0.0548. The number of rotatable bonds is 6. The van der Waals surface area contributed by atoms with Gasteiger partial charge in [0.2, 0.25) is 0 Å². The maximum Gasteiger partial charge on any atom is 0.295 e. The van der Waals surface area contributed by atoms with Crippen LogP contribution >= 0.6 is 23.4 Å². The van der Waals surface area contributed by atoms with Crippen molar-refractivity contribution in [3.63, 3.8) is 0 Å². The number of nitrogens with one attached hydrogen (secondary N) is 1. The Morgan fingerprint density at radius 2 is 2.28 bits per heavy atom. The van der Waals surface area contributed by atoms with Crippen molar-refractivity contribution in [3.05, 3.63) is 33.1 Å². The van der Waals surface area contributed by atoms with E-state index in [1.807, 2.05) is 13.8 Å². The Bertz CT molecular complexity index is 445. The van der Waals surface area contributed by atoms with Gasteiger partial charge in [-0.3, -0.25) is 10.1 Å². The normalized spacial score (nSPS) is 12.2. The zero-order valence-corrected chi connectivity index (χ0v) is 11.6. The first-order valence-corrected chi connectivity index (χ1v) is 6.96. The van der Waals surface area contributed by atoms with Gasteiger partial charge in [0.05, 0.1) is 16.0 Å². The molecule has 0 aliphatic carbocycles. The fourth-order valence-electron chi connectivity index (χ4n) is 1.40. The maximum atomic E-state index is 13.2. The molecule has 1 rings (SSSR count). The van der Waals surface area contributed by atoms with Crippen molar-refractivity contribution in [2.75, 3.05) is 16.8 Å². The van der Waals surface area contributed by atoms with Crippen LogP contribution in [0.25, 0.3) is 0 Å². The lowest BCUT2D eigenvalue weighted by Gasteiger charge is -2.15. The van der Waals surface area contributed by atoms with E-state index in [0.717, 1.165) is 17.6 Å². The predicted molar refractivity (Wildman–Crippen MR) is 74.1 cm³/mol. The van der Waals surface area contributed by atoms with Crippen molar-refractivity contribution in [2.24, 2.45) is 0 Å². The second kappa shape index (κ2) is 6.80. The zero-order valence-electron chi connectivity index (χ0n) is 10.1. The quantitative estimate of drug-likeness (QED) is 0.637. The Hall–Kier alpha value is -1.01. The lowest BCUT2D eigenvalue weighted by molar-refractivity contribution is -0.384. The molecule has 1 unspecified atom stereocenters. The number of anilines is 1. The highest BCUT2D eigenvalue weighted by Crippen LogP contribution is 2.30. The van der Waals surface area contributed by atoms with E-state index in [2.05, 4.69) is 5.32 Å². The lowest BCUT2D eigenvalue weighted by atomic mass is 10.2. The van der Waals surface area contributed by atoms with Gasteiger partial charge >= 0.3 is 0 Å². The molecule has 0 heterocycles. The number of thioether (sulfide) groups is 1. The number of halogens is 2. The van der Waals surface area contributed by atoms with Gasteiger partial charge in [-0.1, -0.05) is 18.5 Å². The molecule has 1 N–H and O–H groups in total. The Labute approximate surface area is 114 Å². The molecule has 0 aromatic heterocycles. The molecule has 0 radical (unpaired) electrons. The second-order valence-corrected chi connectivity index (χ2v) is 5.47. The minimum Gasteiger partial charge on any atom is -0.376 e. The third-order valence-corrected chi connectivity index (χ3v) is 3.64. The van der Waals surface area contributed by atoms with Crippen LogP contribution in [0.1, 0.15) is 13.8 Å². The summed E-state index contributed by atoms with van der Waals surface area (Å²) in [4.78, 5) is 10.2. The number of benzene rings is 1. The largest absolute Gasteiger partial charge is 0.376 e. The first-order valence-electron chi connectivity index (χ1n) is 5.43. The molecule has 1 atom stereocenters. The van der Waals surface area contributed by atoms with Crippen LogP contribution in [0.5, 0.6) is 0 Å². The third-order valence-electron chi connectivity index (χ3n) is 2.21. The van der Waals surface area contributed by atoms with Gasteiger partial charge in [0.15, 0.2) is 0 Å². The first kappa shape index (κ1) is 15.0. The summed E-state index contributed by atoms with van der Waals surface area (Å²) in [5.74, 6) is 0.991. The Kier molecular flexibility index (Phi) is 5.68. The minimum atomic E-state index is -0.787. The molecule has 0 fully saturated rings. The molecule has 0 bridgehead atoms. The molecule has 4 nitrogen and oxygen atoms in total. The van der Waals surface area contributed by atoms with Gasteiger partial charge in [-0.05, 0) is 18.7 Å². The summed E-state index contributed by atoms with van der Waals surface area (Å²) < 4.78 is 13.2. The highest BCUT2D eigenvalue weighted by atomic mass is 35.5. The fraction of sp³-hybridized carbons (Fsp3) is 0.455. The van der Waals surface area contributed by atoms with Crippen molar-refractivity contribution in [2.45, 2.75) is 19.9 Å². The lowest BCUT2D eigenvalue weighted by Crippen LogP contribution is -2.19. The summed E-state index contributed by atoms with van der Waals surface area (Å²) in [7, 11) is 0. The summed E-state index contributed by atoms with van der Waals surface area (Å²) >= 11 is 7.35. The molecule has 1 aromatic carbocycles. The summed E-state index contributed by atoms with van der Waals surface area (Å²) in [6.45, 7) is 3.94. The number of nitrogens with zero attached hydrogens (tertiary/aromatic N) is 1. The molecule has 18 heavy (non-hydrogen) atoms. The van der Waals surface area contributed by atoms with Crippen LogP contribution in [0.3, 0.4) is 0 Å².